The molecule has 2 N–H and O–H groups in total. The summed E-state index contributed by atoms with van der Waals surface area (Å²) < 4.78 is 24.6. The number of hydrogen-bond donors (Lipinski definition) is 1. The van der Waals surface area contributed by atoms with E-state index in [9.17, 15) is 8.42 Å². The summed E-state index contributed by atoms with van der Waals surface area (Å²) in [4.78, 5) is 0. The molecule has 0 saturated carbocycles. The molecule has 0 aliphatic heterocycles. The lowest BCUT2D eigenvalue weighted by Gasteiger charge is -2.05. The van der Waals surface area contributed by atoms with Crippen molar-refractivity contribution in [2.45, 2.75) is 32.1 Å². The second-order valence-corrected chi connectivity index (χ2v) is 6.97. The molecule has 1 rings (SSSR count). The average molecular weight is 278 g/mol. The van der Waals surface area contributed by atoms with Gasteiger partial charge in [-0.1, -0.05) is 18.7 Å². The Labute approximate surface area is 106 Å². The van der Waals surface area contributed by atoms with Gasteiger partial charge in [-0.25, -0.2) is 8.42 Å². The van der Waals surface area contributed by atoms with Gasteiger partial charge in [-0.05, 0) is 6.92 Å². The fraction of sp³-hybridized carbons (Fsp3) is 0.778. The molecule has 6 nitrogen and oxygen atoms in total. The van der Waals surface area contributed by atoms with Crippen molar-refractivity contribution < 1.29 is 8.42 Å². The Morgan fingerprint density at radius 1 is 1.35 bits per heavy atom. The van der Waals surface area contributed by atoms with Crippen LogP contribution >= 0.6 is 11.8 Å². The van der Waals surface area contributed by atoms with Gasteiger partial charge in [0.15, 0.2) is 15.0 Å². The van der Waals surface area contributed by atoms with Gasteiger partial charge in [0, 0.05) is 18.1 Å². The van der Waals surface area contributed by atoms with E-state index in [2.05, 4.69) is 10.2 Å². The van der Waals surface area contributed by atoms with E-state index in [-0.39, 0.29) is 11.5 Å². The van der Waals surface area contributed by atoms with Gasteiger partial charge in [0.1, 0.15) is 5.82 Å². The van der Waals surface area contributed by atoms with Crippen molar-refractivity contribution in [1.29, 1.82) is 0 Å². The Kier molecular flexibility index (Phi) is 5.41. The summed E-state index contributed by atoms with van der Waals surface area (Å²) in [6.07, 6.45) is 0. The molecule has 0 aromatic carbocycles. The summed E-state index contributed by atoms with van der Waals surface area (Å²) in [5.74, 6) is 1.58. The first-order valence-electron chi connectivity index (χ1n) is 5.49. The lowest BCUT2D eigenvalue weighted by Crippen LogP contribution is -2.11. The molecule has 1 aromatic rings. The van der Waals surface area contributed by atoms with Crippen molar-refractivity contribution in [2.75, 3.05) is 17.3 Å². The molecule has 17 heavy (non-hydrogen) atoms. The highest BCUT2D eigenvalue weighted by Gasteiger charge is 2.12. The molecule has 1 heterocycles. The van der Waals surface area contributed by atoms with Gasteiger partial charge < -0.3 is 10.3 Å². The van der Waals surface area contributed by atoms with Gasteiger partial charge in [0.05, 0.1) is 12.3 Å². The second kappa shape index (κ2) is 6.36. The molecule has 0 fully saturated rings. The molecule has 0 atom stereocenters. The normalized spacial score (nSPS) is 11.9. The summed E-state index contributed by atoms with van der Waals surface area (Å²) in [6, 6.07) is 0. The molecule has 98 valence electrons. The first-order valence-corrected chi connectivity index (χ1v) is 8.30. The maximum Gasteiger partial charge on any atom is 0.191 e. The Morgan fingerprint density at radius 2 is 2.06 bits per heavy atom. The van der Waals surface area contributed by atoms with E-state index in [1.54, 1.807) is 6.92 Å². The molecule has 0 spiro atoms. The highest BCUT2D eigenvalue weighted by atomic mass is 32.2. The smallest absolute Gasteiger partial charge is 0.191 e. The Bertz CT molecular complexity index is 456. The van der Waals surface area contributed by atoms with E-state index in [0.717, 1.165) is 17.5 Å². The highest BCUT2D eigenvalue weighted by molar-refractivity contribution is 8.00. The minimum Gasteiger partial charge on any atom is -0.324 e. The lowest BCUT2D eigenvalue weighted by atomic mass is 10.6. The van der Waals surface area contributed by atoms with Crippen LogP contribution in [0.25, 0.3) is 0 Å². The molecule has 0 amide bonds. The minimum absolute atomic E-state index is 0.169. The van der Waals surface area contributed by atoms with Gasteiger partial charge in [-0.15, -0.1) is 10.2 Å². The van der Waals surface area contributed by atoms with Crippen LogP contribution in [-0.2, 0) is 22.9 Å². The molecule has 0 unspecified atom stereocenters. The molecule has 0 aliphatic rings. The first kappa shape index (κ1) is 14.5. The first-order chi connectivity index (χ1) is 8.04. The fourth-order valence-electron chi connectivity index (χ4n) is 1.30. The van der Waals surface area contributed by atoms with Gasteiger partial charge in [0.2, 0.25) is 0 Å². The Balaban J connectivity index is 2.61. The average Bonchev–Trinajstić information content (AvgIpc) is 2.71. The van der Waals surface area contributed by atoms with E-state index in [1.807, 2.05) is 11.5 Å². The molecular weight excluding hydrogens is 260 g/mol. The van der Waals surface area contributed by atoms with Crippen LogP contribution in [0.15, 0.2) is 5.16 Å². The summed E-state index contributed by atoms with van der Waals surface area (Å²) in [5.41, 5.74) is 5.53. The number of aromatic nitrogens is 3. The molecule has 0 aliphatic carbocycles. The number of nitrogens with zero attached hydrogens (tertiary/aromatic N) is 3. The topological polar surface area (TPSA) is 90.9 Å². The molecule has 0 radical (unpaired) electrons. The predicted octanol–water partition coefficient (Wildman–Crippen LogP) is 0.284. The number of rotatable bonds is 7. The van der Waals surface area contributed by atoms with Crippen LogP contribution in [0.4, 0.5) is 0 Å². The minimum atomic E-state index is -2.91. The third-order valence-electron chi connectivity index (χ3n) is 2.36. The predicted molar refractivity (Wildman–Crippen MR) is 68.6 cm³/mol. The number of nitrogens with two attached hydrogens (primary N) is 1. The quantitative estimate of drug-likeness (QED) is 0.721. The maximum absolute atomic E-state index is 11.3. The fourth-order valence-corrected chi connectivity index (χ4v) is 3.61. The van der Waals surface area contributed by atoms with Crippen molar-refractivity contribution in [3.8, 4) is 0 Å². The van der Waals surface area contributed by atoms with E-state index in [0.29, 0.717) is 12.3 Å². The van der Waals surface area contributed by atoms with Crippen molar-refractivity contribution in [2.24, 2.45) is 5.73 Å². The van der Waals surface area contributed by atoms with Crippen molar-refractivity contribution >= 4 is 21.6 Å². The molecule has 0 saturated heterocycles. The van der Waals surface area contributed by atoms with Gasteiger partial charge in [-0.3, -0.25) is 0 Å². The van der Waals surface area contributed by atoms with Crippen LogP contribution < -0.4 is 5.73 Å². The van der Waals surface area contributed by atoms with Gasteiger partial charge in [-0.2, -0.15) is 0 Å². The van der Waals surface area contributed by atoms with Crippen LogP contribution in [-0.4, -0.2) is 40.4 Å². The monoisotopic (exact) mass is 278 g/mol. The number of thioether (sulfide) groups is 1. The van der Waals surface area contributed by atoms with Crippen molar-refractivity contribution in [1.82, 2.24) is 14.8 Å². The highest BCUT2D eigenvalue weighted by Crippen LogP contribution is 2.17. The maximum atomic E-state index is 11.3. The largest absolute Gasteiger partial charge is 0.324 e. The third-order valence-corrected chi connectivity index (χ3v) is 5.29. The second-order valence-electron chi connectivity index (χ2n) is 3.43. The SMILES string of the molecule is CCn1c(CN)nnc1SCCS(=O)(=O)CC. The third kappa shape index (κ3) is 3.97. The van der Waals surface area contributed by atoms with Crippen LogP contribution in [0.1, 0.15) is 19.7 Å². The summed E-state index contributed by atoms with van der Waals surface area (Å²) >= 11 is 1.40. The number of hydrogen-bond acceptors (Lipinski definition) is 6. The zero-order valence-corrected chi connectivity index (χ0v) is 11.7. The van der Waals surface area contributed by atoms with Crippen molar-refractivity contribution in [3.05, 3.63) is 5.82 Å². The number of sulfone groups is 1. The molecule has 1 aromatic heterocycles. The van der Waals surface area contributed by atoms with Crippen LogP contribution in [0, 0.1) is 0 Å². The summed E-state index contributed by atoms with van der Waals surface area (Å²) in [5, 5.41) is 8.70. The van der Waals surface area contributed by atoms with Crippen LogP contribution in [0.3, 0.4) is 0 Å². The Hall–Kier alpha value is -0.600. The molecular formula is C9H18N4O2S2. The van der Waals surface area contributed by atoms with E-state index in [4.69, 9.17) is 5.73 Å². The summed E-state index contributed by atoms with van der Waals surface area (Å²) in [6.45, 7) is 4.72. The van der Waals surface area contributed by atoms with E-state index in [1.165, 1.54) is 11.8 Å². The van der Waals surface area contributed by atoms with Gasteiger partial charge >= 0.3 is 0 Å². The van der Waals surface area contributed by atoms with Crippen LogP contribution in [0.5, 0.6) is 0 Å². The zero-order chi connectivity index (χ0) is 12.9. The van der Waals surface area contributed by atoms with E-state index < -0.39 is 9.84 Å². The molecule has 0 bridgehead atoms. The van der Waals surface area contributed by atoms with E-state index >= 15 is 0 Å². The van der Waals surface area contributed by atoms with Crippen LogP contribution in [0.2, 0.25) is 0 Å². The van der Waals surface area contributed by atoms with Gasteiger partial charge in [0.25, 0.3) is 0 Å². The zero-order valence-electron chi connectivity index (χ0n) is 10.1. The lowest BCUT2D eigenvalue weighted by molar-refractivity contribution is 0.598. The molecule has 8 heteroatoms. The summed E-state index contributed by atoms with van der Waals surface area (Å²) in [7, 11) is -2.91. The Morgan fingerprint density at radius 3 is 2.59 bits per heavy atom. The standard InChI is InChI=1S/C9H18N4O2S2/c1-3-13-8(7-10)11-12-9(13)16-5-6-17(14,15)4-2/h3-7,10H2,1-2H3. The van der Waals surface area contributed by atoms with Crippen molar-refractivity contribution in [3.63, 3.8) is 0 Å².